The van der Waals surface area contributed by atoms with E-state index in [0.29, 0.717) is 0 Å². The van der Waals surface area contributed by atoms with Crippen molar-refractivity contribution in [2.45, 2.75) is 33.2 Å². The number of rotatable bonds is 6. The molecule has 19 heavy (non-hydrogen) atoms. The zero-order valence-electron chi connectivity index (χ0n) is 12.2. The Kier molecular flexibility index (Phi) is 5.23. The van der Waals surface area contributed by atoms with Gasteiger partial charge in [-0.25, -0.2) is 0 Å². The van der Waals surface area contributed by atoms with E-state index in [2.05, 4.69) is 30.9 Å². The first-order chi connectivity index (χ1) is 9.15. The summed E-state index contributed by atoms with van der Waals surface area (Å²) in [4.78, 5) is 2.46. The third-order valence-corrected chi connectivity index (χ3v) is 3.71. The first-order valence-corrected chi connectivity index (χ1v) is 7.32. The Morgan fingerprint density at radius 2 is 2.11 bits per heavy atom. The average Bonchev–Trinajstić information content (AvgIpc) is 2.37. The van der Waals surface area contributed by atoms with Gasteiger partial charge < -0.3 is 10.5 Å². The third-order valence-electron chi connectivity index (χ3n) is 3.71. The Morgan fingerprint density at radius 3 is 2.89 bits per heavy atom. The monoisotopic (exact) mass is 262 g/mol. The van der Waals surface area contributed by atoms with Crippen molar-refractivity contribution < 1.29 is 4.74 Å². The highest BCUT2D eigenvalue weighted by molar-refractivity contribution is 5.45. The van der Waals surface area contributed by atoms with Crippen LogP contribution in [0.5, 0.6) is 0 Å². The van der Waals surface area contributed by atoms with Gasteiger partial charge in [-0.1, -0.05) is 19.9 Å². The van der Waals surface area contributed by atoms with Crippen molar-refractivity contribution >= 4 is 5.69 Å². The molecule has 3 nitrogen and oxygen atoms in total. The van der Waals surface area contributed by atoms with E-state index in [1.54, 1.807) is 0 Å². The van der Waals surface area contributed by atoms with Gasteiger partial charge in [0.1, 0.15) is 0 Å². The Balaban J connectivity index is 1.73. The van der Waals surface area contributed by atoms with Crippen LogP contribution in [0, 0.1) is 5.92 Å². The predicted octanol–water partition coefficient (Wildman–Crippen LogP) is 2.69. The van der Waals surface area contributed by atoms with Gasteiger partial charge in [-0.2, -0.15) is 0 Å². The summed E-state index contributed by atoms with van der Waals surface area (Å²) in [5, 5.41) is 0. The molecular weight excluding hydrogens is 236 g/mol. The molecule has 0 spiro atoms. The largest absolute Gasteiger partial charge is 0.399 e. The molecule has 1 aliphatic rings. The minimum absolute atomic E-state index is 0.727. The molecule has 0 fully saturated rings. The molecule has 0 bridgehead atoms. The SMILES string of the molecule is CC(C)CCOCCN1CCc2ccc(N)cc2C1. The van der Waals surface area contributed by atoms with Crippen molar-refractivity contribution in [1.82, 2.24) is 4.90 Å². The zero-order chi connectivity index (χ0) is 13.7. The lowest BCUT2D eigenvalue weighted by Crippen LogP contribution is -2.33. The maximum absolute atomic E-state index is 5.85. The molecule has 0 aromatic heterocycles. The molecule has 1 aliphatic heterocycles. The van der Waals surface area contributed by atoms with E-state index in [1.807, 2.05) is 6.07 Å². The molecule has 1 aromatic carbocycles. The summed E-state index contributed by atoms with van der Waals surface area (Å²) in [6.07, 6.45) is 2.28. The fourth-order valence-corrected chi connectivity index (χ4v) is 2.44. The number of ether oxygens (including phenoxy) is 1. The molecule has 0 radical (unpaired) electrons. The van der Waals surface area contributed by atoms with Crippen LogP contribution in [0.2, 0.25) is 0 Å². The number of nitrogens with two attached hydrogens (primary N) is 1. The van der Waals surface area contributed by atoms with Crippen molar-refractivity contribution in [3.8, 4) is 0 Å². The van der Waals surface area contributed by atoms with Gasteiger partial charge in [-0.15, -0.1) is 0 Å². The molecule has 0 atom stereocenters. The van der Waals surface area contributed by atoms with E-state index in [0.717, 1.165) is 57.3 Å². The normalized spacial score (nSPS) is 15.7. The lowest BCUT2D eigenvalue weighted by atomic mass is 9.99. The van der Waals surface area contributed by atoms with Gasteiger partial charge in [0.05, 0.1) is 6.61 Å². The molecule has 106 valence electrons. The molecule has 0 aliphatic carbocycles. The first kappa shape index (κ1) is 14.4. The van der Waals surface area contributed by atoms with E-state index in [4.69, 9.17) is 10.5 Å². The van der Waals surface area contributed by atoms with E-state index in [1.165, 1.54) is 11.1 Å². The van der Waals surface area contributed by atoms with Gasteiger partial charge in [-0.05, 0) is 42.0 Å². The van der Waals surface area contributed by atoms with Crippen LogP contribution in [0.3, 0.4) is 0 Å². The molecule has 0 saturated carbocycles. The summed E-state index contributed by atoms with van der Waals surface area (Å²) in [5.41, 5.74) is 9.55. The molecule has 0 amide bonds. The number of nitrogens with zero attached hydrogens (tertiary/aromatic N) is 1. The lowest BCUT2D eigenvalue weighted by Gasteiger charge is -2.28. The van der Waals surface area contributed by atoms with Gasteiger partial charge in [0.15, 0.2) is 0 Å². The minimum Gasteiger partial charge on any atom is -0.399 e. The van der Waals surface area contributed by atoms with E-state index in [9.17, 15) is 0 Å². The van der Waals surface area contributed by atoms with Crippen molar-refractivity contribution in [2.75, 3.05) is 32.0 Å². The number of nitrogen functional groups attached to an aromatic ring is 1. The molecule has 2 rings (SSSR count). The Bertz CT molecular complexity index is 404. The summed E-state index contributed by atoms with van der Waals surface area (Å²) in [6.45, 7) is 9.34. The van der Waals surface area contributed by atoms with Crippen LogP contribution in [0.4, 0.5) is 5.69 Å². The quantitative estimate of drug-likeness (QED) is 0.633. The summed E-state index contributed by atoms with van der Waals surface area (Å²) >= 11 is 0. The smallest absolute Gasteiger partial charge is 0.0593 e. The predicted molar refractivity (Wildman–Crippen MR) is 80.1 cm³/mol. The Labute approximate surface area is 116 Å². The highest BCUT2D eigenvalue weighted by Crippen LogP contribution is 2.21. The molecule has 0 saturated heterocycles. The minimum atomic E-state index is 0.727. The number of benzene rings is 1. The Hall–Kier alpha value is -1.06. The lowest BCUT2D eigenvalue weighted by molar-refractivity contribution is 0.0921. The van der Waals surface area contributed by atoms with Crippen LogP contribution < -0.4 is 5.73 Å². The van der Waals surface area contributed by atoms with Crippen molar-refractivity contribution in [3.05, 3.63) is 29.3 Å². The Morgan fingerprint density at radius 1 is 1.26 bits per heavy atom. The third kappa shape index (κ3) is 4.51. The second kappa shape index (κ2) is 6.92. The topological polar surface area (TPSA) is 38.5 Å². The van der Waals surface area contributed by atoms with Gasteiger partial charge in [0.25, 0.3) is 0 Å². The molecule has 1 heterocycles. The maximum Gasteiger partial charge on any atom is 0.0593 e. The molecule has 0 unspecified atom stereocenters. The van der Waals surface area contributed by atoms with E-state index >= 15 is 0 Å². The fraction of sp³-hybridized carbons (Fsp3) is 0.625. The van der Waals surface area contributed by atoms with Gasteiger partial charge in [0, 0.05) is 31.9 Å². The fourth-order valence-electron chi connectivity index (χ4n) is 2.44. The van der Waals surface area contributed by atoms with Crippen molar-refractivity contribution in [1.29, 1.82) is 0 Å². The van der Waals surface area contributed by atoms with E-state index in [-0.39, 0.29) is 0 Å². The van der Waals surface area contributed by atoms with Crippen LogP contribution in [0.1, 0.15) is 31.4 Å². The van der Waals surface area contributed by atoms with Crippen molar-refractivity contribution in [3.63, 3.8) is 0 Å². The molecule has 1 aromatic rings. The van der Waals surface area contributed by atoms with Crippen LogP contribution in [-0.2, 0) is 17.7 Å². The maximum atomic E-state index is 5.85. The van der Waals surface area contributed by atoms with Gasteiger partial charge in [0.2, 0.25) is 0 Å². The summed E-state index contributed by atoms with van der Waals surface area (Å²) < 4.78 is 5.69. The standard InChI is InChI=1S/C16H26N2O/c1-13(2)6-9-19-10-8-18-7-5-14-3-4-16(17)11-15(14)12-18/h3-4,11,13H,5-10,12,17H2,1-2H3. The van der Waals surface area contributed by atoms with Crippen LogP contribution >= 0.6 is 0 Å². The first-order valence-electron chi connectivity index (χ1n) is 7.32. The van der Waals surface area contributed by atoms with Gasteiger partial charge >= 0.3 is 0 Å². The van der Waals surface area contributed by atoms with Crippen LogP contribution in [0.25, 0.3) is 0 Å². The molecule has 3 heteroatoms. The number of fused-ring (bicyclic) bond motifs is 1. The van der Waals surface area contributed by atoms with Crippen molar-refractivity contribution in [2.24, 2.45) is 5.92 Å². The highest BCUT2D eigenvalue weighted by atomic mass is 16.5. The van der Waals surface area contributed by atoms with Crippen LogP contribution in [-0.4, -0.2) is 31.2 Å². The summed E-state index contributed by atoms with van der Waals surface area (Å²) in [7, 11) is 0. The second-order valence-electron chi connectivity index (χ2n) is 5.85. The van der Waals surface area contributed by atoms with Gasteiger partial charge in [-0.3, -0.25) is 4.90 Å². The van der Waals surface area contributed by atoms with Crippen LogP contribution in [0.15, 0.2) is 18.2 Å². The number of hydrogen-bond donors (Lipinski definition) is 1. The number of anilines is 1. The second-order valence-corrected chi connectivity index (χ2v) is 5.85. The summed E-state index contributed by atoms with van der Waals surface area (Å²) in [6, 6.07) is 6.28. The summed E-state index contributed by atoms with van der Waals surface area (Å²) in [5.74, 6) is 0.727. The average molecular weight is 262 g/mol. The van der Waals surface area contributed by atoms with E-state index < -0.39 is 0 Å². The highest BCUT2D eigenvalue weighted by Gasteiger charge is 2.15. The zero-order valence-corrected chi connectivity index (χ0v) is 12.2. The molecule has 2 N–H and O–H groups in total. The molecular formula is C16H26N2O. The number of hydrogen-bond acceptors (Lipinski definition) is 3.